The molecule has 2 atom stereocenters. The van der Waals surface area contributed by atoms with Crippen molar-refractivity contribution in [1.29, 1.82) is 0 Å². The summed E-state index contributed by atoms with van der Waals surface area (Å²) in [4.78, 5) is 44.0. The zero-order valence-corrected chi connectivity index (χ0v) is 18.8. The lowest BCUT2D eigenvalue weighted by Gasteiger charge is -2.38. The minimum atomic E-state index is -0.648. The molecule has 0 saturated carbocycles. The highest BCUT2D eigenvalue weighted by Gasteiger charge is 2.36. The number of nitrogens with one attached hydrogen (secondary N) is 1. The average molecular weight is 427 g/mol. The molecule has 2 aromatic rings. The van der Waals surface area contributed by atoms with Gasteiger partial charge in [0.15, 0.2) is 0 Å². The molecule has 0 unspecified atom stereocenters. The van der Waals surface area contributed by atoms with Crippen LogP contribution in [0.4, 0.5) is 0 Å². The summed E-state index contributed by atoms with van der Waals surface area (Å²) < 4.78 is 10.4. The Bertz CT molecular complexity index is 967. The number of aryl methyl sites for hydroxylation is 1. The molecule has 31 heavy (non-hydrogen) atoms. The third-order valence-electron chi connectivity index (χ3n) is 5.90. The zero-order valence-electron chi connectivity index (χ0n) is 18.8. The van der Waals surface area contributed by atoms with Gasteiger partial charge >= 0.3 is 5.97 Å². The lowest BCUT2D eigenvalue weighted by molar-refractivity contribution is -0.132. The number of hydrogen-bond acceptors (Lipinski definition) is 5. The van der Waals surface area contributed by atoms with E-state index in [9.17, 15) is 14.4 Å². The molecule has 0 bridgehead atoms. The van der Waals surface area contributed by atoms with Crippen molar-refractivity contribution in [3.63, 3.8) is 0 Å². The highest BCUT2D eigenvalue weighted by atomic mass is 16.5. The molecule has 3 rings (SSSR count). The molecular weight excluding hydrogens is 396 g/mol. The number of carbonyl (C=O) groups excluding carboxylic acids is 3. The van der Waals surface area contributed by atoms with Crippen molar-refractivity contribution in [2.75, 3.05) is 13.7 Å². The molecule has 1 fully saturated rings. The van der Waals surface area contributed by atoms with Gasteiger partial charge in [-0.1, -0.05) is 12.1 Å². The Labute approximate surface area is 182 Å². The van der Waals surface area contributed by atoms with Gasteiger partial charge in [0.05, 0.1) is 19.3 Å². The Hall–Kier alpha value is -3.09. The lowest BCUT2D eigenvalue weighted by Crippen LogP contribution is -2.50. The summed E-state index contributed by atoms with van der Waals surface area (Å²) in [5.74, 6) is -1.09. The molecule has 166 valence electrons. The normalized spacial score (nSPS) is 18.5. The van der Waals surface area contributed by atoms with E-state index in [2.05, 4.69) is 4.98 Å². The number of hydrogen-bond donors (Lipinski definition) is 1. The van der Waals surface area contributed by atoms with Crippen LogP contribution in [-0.2, 0) is 9.53 Å². The van der Waals surface area contributed by atoms with Crippen LogP contribution in [0.3, 0.4) is 0 Å². The van der Waals surface area contributed by atoms with E-state index >= 15 is 0 Å². The Morgan fingerprint density at radius 3 is 2.26 bits per heavy atom. The number of likely N-dealkylation sites (tertiary alicyclic amines) is 1. The van der Waals surface area contributed by atoms with E-state index in [0.717, 1.165) is 19.3 Å². The molecular formula is C24H30N2O5. The third kappa shape index (κ3) is 4.36. The van der Waals surface area contributed by atoms with Crippen LogP contribution in [-0.4, -0.2) is 53.3 Å². The molecule has 1 aromatic heterocycles. The summed E-state index contributed by atoms with van der Waals surface area (Å²) in [7, 11) is 1.56. The molecule has 2 heterocycles. The van der Waals surface area contributed by atoms with E-state index in [0.29, 0.717) is 22.6 Å². The minimum absolute atomic E-state index is 0.00905. The van der Waals surface area contributed by atoms with Crippen molar-refractivity contribution in [2.24, 2.45) is 0 Å². The van der Waals surface area contributed by atoms with Gasteiger partial charge in [-0.05, 0) is 64.7 Å². The van der Waals surface area contributed by atoms with Crippen LogP contribution in [0.2, 0.25) is 0 Å². The molecule has 0 spiro atoms. The number of esters is 1. The number of benzene rings is 1. The number of aromatic nitrogens is 1. The number of nitrogens with zero attached hydrogens (tertiary/aromatic N) is 1. The number of ketones is 1. The number of H-pyrrole nitrogens is 1. The van der Waals surface area contributed by atoms with Gasteiger partial charge in [0.2, 0.25) is 0 Å². The van der Waals surface area contributed by atoms with E-state index in [1.54, 1.807) is 50.1 Å². The van der Waals surface area contributed by atoms with Crippen molar-refractivity contribution in [1.82, 2.24) is 9.88 Å². The number of rotatable bonds is 6. The quantitative estimate of drug-likeness (QED) is 0.426. The second-order valence-electron chi connectivity index (χ2n) is 7.99. The highest BCUT2D eigenvalue weighted by Crippen LogP contribution is 2.33. The summed E-state index contributed by atoms with van der Waals surface area (Å²) in [5.41, 5.74) is 1.88. The summed E-state index contributed by atoms with van der Waals surface area (Å²) >= 11 is 0. The number of amides is 1. The monoisotopic (exact) mass is 426 g/mol. The van der Waals surface area contributed by atoms with Crippen molar-refractivity contribution in [3.8, 4) is 16.9 Å². The van der Waals surface area contributed by atoms with Gasteiger partial charge in [0, 0.05) is 23.3 Å². The lowest BCUT2D eigenvalue weighted by atomic mass is 9.95. The van der Waals surface area contributed by atoms with Gasteiger partial charge in [0.25, 0.3) is 11.7 Å². The van der Waals surface area contributed by atoms with E-state index < -0.39 is 17.7 Å². The summed E-state index contributed by atoms with van der Waals surface area (Å²) in [6.45, 7) is 7.56. The average Bonchev–Trinajstić information content (AvgIpc) is 3.10. The smallest absolute Gasteiger partial charge is 0.340 e. The number of carbonyl (C=O) groups is 3. The first-order valence-electron chi connectivity index (χ1n) is 10.7. The van der Waals surface area contributed by atoms with Crippen LogP contribution in [0.25, 0.3) is 11.1 Å². The first kappa shape index (κ1) is 22.6. The molecule has 1 aliphatic rings. The molecule has 0 aliphatic carbocycles. The van der Waals surface area contributed by atoms with E-state index in [1.807, 2.05) is 13.8 Å². The second kappa shape index (κ2) is 9.37. The molecule has 1 aromatic carbocycles. The first-order chi connectivity index (χ1) is 14.8. The maximum absolute atomic E-state index is 13.4. The van der Waals surface area contributed by atoms with Crippen molar-refractivity contribution >= 4 is 17.7 Å². The maximum Gasteiger partial charge on any atom is 0.340 e. The topological polar surface area (TPSA) is 88.7 Å². The van der Waals surface area contributed by atoms with Crippen molar-refractivity contribution in [3.05, 3.63) is 41.2 Å². The zero-order chi connectivity index (χ0) is 22.7. The standard InChI is InChI=1S/C24H30N2O5/c1-6-31-24(29)19-16(4)25-21(20(19)17-10-12-18(30-5)13-11-17)22(27)23(28)26-14(2)8-7-9-15(26)3/h10-15,25H,6-9H2,1-5H3/t14-,15-/m0/s1. The summed E-state index contributed by atoms with van der Waals surface area (Å²) in [6, 6.07) is 7.00. The fourth-order valence-electron chi connectivity index (χ4n) is 4.35. The van der Waals surface area contributed by atoms with Gasteiger partial charge in [-0.3, -0.25) is 9.59 Å². The van der Waals surface area contributed by atoms with Gasteiger partial charge in [-0.25, -0.2) is 4.79 Å². The van der Waals surface area contributed by atoms with Gasteiger partial charge in [-0.15, -0.1) is 0 Å². The fraction of sp³-hybridized carbons (Fsp3) is 0.458. The largest absolute Gasteiger partial charge is 0.497 e. The number of aromatic amines is 1. The molecule has 0 radical (unpaired) electrons. The van der Waals surface area contributed by atoms with E-state index in [1.165, 1.54) is 0 Å². The minimum Gasteiger partial charge on any atom is -0.497 e. The summed E-state index contributed by atoms with van der Waals surface area (Å²) in [5, 5.41) is 0. The number of Topliss-reactive ketones (excluding diaryl/α,β-unsaturated/α-hetero) is 1. The Morgan fingerprint density at radius 2 is 1.71 bits per heavy atom. The molecule has 1 N–H and O–H groups in total. The predicted molar refractivity (Wildman–Crippen MR) is 117 cm³/mol. The number of piperidine rings is 1. The molecule has 1 amide bonds. The Morgan fingerprint density at radius 1 is 1.10 bits per heavy atom. The highest BCUT2D eigenvalue weighted by molar-refractivity contribution is 6.44. The molecule has 1 saturated heterocycles. The molecule has 7 nitrogen and oxygen atoms in total. The van der Waals surface area contributed by atoms with Crippen molar-refractivity contribution in [2.45, 2.75) is 59.0 Å². The van der Waals surface area contributed by atoms with E-state index in [-0.39, 0.29) is 29.9 Å². The maximum atomic E-state index is 13.4. The van der Waals surface area contributed by atoms with Crippen LogP contribution in [0, 0.1) is 6.92 Å². The fourth-order valence-corrected chi connectivity index (χ4v) is 4.35. The second-order valence-corrected chi connectivity index (χ2v) is 7.99. The SMILES string of the molecule is CCOC(=O)c1c(C)[nH]c(C(=O)C(=O)N2[C@@H](C)CCC[C@@H]2C)c1-c1ccc(OC)cc1. The number of methoxy groups -OCH3 is 1. The Balaban J connectivity index is 2.10. The van der Waals surface area contributed by atoms with Gasteiger partial charge < -0.3 is 19.4 Å². The Kier molecular flexibility index (Phi) is 6.83. The van der Waals surface area contributed by atoms with Crippen LogP contribution in [0.1, 0.15) is 66.6 Å². The third-order valence-corrected chi connectivity index (χ3v) is 5.90. The van der Waals surface area contributed by atoms with E-state index in [4.69, 9.17) is 9.47 Å². The molecule has 7 heteroatoms. The predicted octanol–water partition coefficient (Wildman–Crippen LogP) is 4.15. The van der Waals surface area contributed by atoms with Crippen molar-refractivity contribution < 1.29 is 23.9 Å². The van der Waals surface area contributed by atoms with Gasteiger partial charge in [-0.2, -0.15) is 0 Å². The van der Waals surface area contributed by atoms with Crippen LogP contribution < -0.4 is 4.74 Å². The molecule has 1 aliphatic heterocycles. The van der Waals surface area contributed by atoms with Crippen LogP contribution in [0.5, 0.6) is 5.75 Å². The van der Waals surface area contributed by atoms with Crippen LogP contribution >= 0.6 is 0 Å². The first-order valence-corrected chi connectivity index (χ1v) is 10.7. The summed E-state index contributed by atoms with van der Waals surface area (Å²) in [6.07, 6.45) is 2.77. The number of ether oxygens (including phenoxy) is 2. The van der Waals surface area contributed by atoms with Crippen LogP contribution in [0.15, 0.2) is 24.3 Å². The van der Waals surface area contributed by atoms with Gasteiger partial charge in [0.1, 0.15) is 11.4 Å².